The lowest BCUT2D eigenvalue weighted by Crippen LogP contribution is -2.23. The number of hydrogen-bond acceptors (Lipinski definition) is 5. The maximum absolute atomic E-state index is 9.70. The quantitative estimate of drug-likeness (QED) is 0.552. The molecule has 0 aliphatic carbocycles. The molecule has 0 amide bonds. The number of aliphatic hydroxyl groups excluding tert-OH is 1. The molecule has 140 valence electrons. The van der Waals surface area contributed by atoms with Crippen LogP contribution in [0.15, 0.2) is 45.9 Å². The second kappa shape index (κ2) is 9.27. The molecule has 0 radical (unpaired) electrons. The van der Waals surface area contributed by atoms with E-state index < -0.39 is 5.60 Å². The van der Waals surface area contributed by atoms with Crippen molar-refractivity contribution in [2.24, 2.45) is 0 Å². The summed E-state index contributed by atoms with van der Waals surface area (Å²) in [7, 11) is 1.95. The first-order valence-electron chi connectivity index (χ1n) is 8.94. The van der Waals surface area contributed by atoms with Gasteiger partial charge >= 0.3 is 0 Å². The largest absolute Gasteiger partial charge is 0.481 e. The van der Waals surface area contributed by atoms with Crippen molar-refractivity contribution >= 4 is 0 Å². The molecule has 0 unspecified atom stereocenters. The van der Waals surface area contributed by atoms with E-state index in [-0.39, 0.29) is 6.61 Å². The molecule has 0 aromatic rings. The molecule has 0 saturated carbocycles. The predicted molar refractivity (Wildman–Crippen MR) is 103 cm³/mol. The third-order valence-electron chi connectivity index (χ3n) is 4.52. The fraction of sp³-hybridized carbons (Fsp3) is 0.524. The first-order chi connectivity index (χ1) is 12.3. The summed E-state index contributed by atoms with van der Waals surface area (Å²) in [6.07, 6.45) is 5.64. The normalized spacial score (nSPS) is 19.0. The highest BCUT2D eigenvalue weighted by molar-refractivity contribution is 5.60. The first-order valence-corrected chi connectivity index (χ1v) is 8.94. The third kappa shape index (κ3) is 4.56. The van der Waals surface area contributed by atoms with Gasteiger partial charge < -0.3 is 14.7 Å². The Morgan fingerprint density at radius 1 is 1.23 bits per heavy atom. The smallest absolute Gasteiger partial charge is 0.152 e. The molecule has 0 bridgehead atoms. The van der Waals surface area contributed by atoms with Crippen molar-refractivity contribution in [2.45, 2.75) is 53.1 Å². The Balaban J connectivity index is 3.51. The van der Waals surface area contributed by atoms with E-state index in [0.717, 1.165) is 29.7 Å². The lowest BCUT2D eigenvalue weighted by atomic mass is 9.87. The molecule has 1 N–H and O–H groups in total. The Kier molecular flexibility index (Phi) is 7.68. The maximum atomic E-state index is 9.70. The number of allylic oxidation sites excluding steroid dienone is 5. The summed E-state index contributed by atoms with van der Waals surface area (Å²) in [5.74, 6) is 0.381. The average Bonchev–Trinajstić information content (AvgIpc) is 2.89. The number of likely N-dealkylation sites (N-methyl/N-ethyl adjacent to an activating group) is 1. The van der Waals surface area contributed by atoms with Crippen LogP contribution in [0.25, 0.3) is 0 Å². The molecule has 0 saturated heterocycles. The van der Waals surface area contributed by atoms with Crippen molar-refractivity contribution in [2.75, 3.05) is 20.2 Å². The number of nitriles is 2. The Morgan fingerprint density at radius 2 is 1.88 bits per heavy atom. The van der Waals surface area contributed by atoms with E-state index in [1.807, 2.05) is 44.9 Å². The van der Waals surface area contributed by atoms with Crippen molar-refractivity contribution in [3.63, 3.8) is 0 Å². The van der Waals surface area contributed by atoms with Gasteiger partial charge in [-0.15, -0.1) is 0 Å². The van der Waals surface area contributed by atoms with Gasteiger partial charge in [0.15, 0.2) is 5.76 Å². The molecule has 1 aliphatic rings. The van der Waals surface area contributed by atoms with E-state index in [0.29, 0.717) is 23.5 Å². The zero-order chi connectivity index (χ0) is 19.9. The van der Waals surface area contributed by atoms with Gasteiger partial charge in [-0.2, -0.15) is 10.5 Å². The highest BCUT2D eigenvalue weighted by Gasteiger charge is 2.40. The average molecular weight is 355 g/mol. The number of nitrogens with zero attached hydrogens (tertiary/aromatic N) is 3. The van der Waals surface area contributed by atoms with E-state index in [1.54, 1.807) is 6.92 Å². The summed E-state index contributed by atoms with van der Waals surface area (Å²) in [4.78, 5) is 2.02. The molecule has 0 spiro atoms. The maximum Gasteiger partial charge on any atom is 0.152 e. The minimum Gasteiger partial charge on any atom is -0.481 e. The van der Waals surface area contributed by atoms with Crippen LogP contribution >= 0.6 is 0 Å². The second-order valence-electron chi connectivity index (χ2n) is 6.74. The molecule has 5 heteroatoms. The molecule has 1 rings (SSSR count). The number of hydrogen-bond donors (Lipinski definition) is 1. The minimum atomic E-state index is -0.669. The number of ether oxygens (including phenoxy) is 1. The number of aliphatic hydroxyl groups is 1. The van der Waals surface area contributed by atoms with Gasteiger partial charge in [-0.25, -0.2) is 0 Å². The molecule has 0 aromatic heterocycles. The van der Waals surface area contributed by atoms with Crippen LogP contribution in [0.2, 0.25) is 0 Å². The van der Waals surface area contributed by atoms with E-state index in [9.17, 15) is 10.5 Å². The minimum absolute atomic E-state index is 0.102. The fourth-order valence-electron chi connectivity index (χ4n) is 3.12. The lowest BCUT2D eigenvalue weighted by Gasteiger charge is -2.24. The third-order valence-corrected chi connectivity index (χ3v) is 4.52. The molecule has 0 fully saturated rings. The van der Waals surface area contributed by atoms with Crippen molar-refractivity contribution < 1.29 is 9.84 Å². The Hall–Kier alpha value is -2.50. The molecule has 0 aromatic carbocycles. The van der Waals surface area contributed by atoms with Crippen LogP contribution in [-0.4, -0.2) is 35.8 Å². The fourth-order valence-corrected chi connectivity index (χ4v) is 3.12. The highest BCUT2D eigenvalue weighted by atomic mass is 16.5. The van der Waals surface area contributed by atoms with Crippen molar-refractivity contribution in [1.29, 1.82) is 10.5 Å². The van der Waals surface area contributed by atoms with Crippen LogP contribution in [-0.2, 0) is 4.74 Å². The van der Waals surface area contributed by atoms with Gasteiger partial charge in [-0.1, -0.05) is 19.9 Å². The predicted octanol–water partition coefficient (Wildman–Crippen LogP) is 3.97. The molecular formula is C21H29N3O2. The molecule has 1 heterocycles. The summed E-state index contributed by atoms with van der Waals surface area (Å²) in [6.45, 7) is 10.3. The molecule has 5 nitrogen and oxygen atoms in total. The Morgan fingerprint density at radius 3 is 2.35 bits per heavy atom. The van der Waals surface area contributed by atoms with E-state index in [4.69, 9.17) is 9.84 Å². The van der Waals surface area contributed by atoms with Crippen LogP contribution in [0.3, 0.4) is 0 Å². The van der Waals surface area contributed by atoms with Crippen molar-refractivity contribution in [1.82, 2.24) is 4.90 Å². The van der Waals surface area contributed by atoms with Gasteiger partial charge in [-0.05, 0) is 45.3 Å². The van der Waals surface area contributed by atoms with E-state index >= 15 is 0 Å². The summed E-state index contributed by atoms with van der Waals surface area (Å²) in [5.41, 5.74) is 3.13. The van der Waals surface area contributed by atoms with Crippen molar-refractivity contribution in [3.8, 4) is 12.1 Å². The number of rotatable bonds is 7. The first kappa shape index (κ1) is 21.5. The SMILES string of the molecule is CC/C(=C\C=C(/CC)N(C)CCO)C1=C(C#N)/C(=C(/C)C#N)OC1(C)C. The monoisotopic (exact) mass is 355 g/mol. The van der Waals surface area contributed by atoms with Gasteiger partial charge in [0.2, 0.25) is 0 Å². The zero-order valence-corrected chi connectivity index (χ0v) is 16.7. The highest BCUT2D eigenvalue weighted by Crippen LogP contribution is 2.43. The standard InChI is InChI=1S/C21H29N3O2/c1-7-16(9-10-17(8-2)24(6)11-12-25)19-18(14-23)20(15(3)13-22)26-21(19,4)5/h9-10,25H,7-8,11-12H2,1-6H3/b16-9+,17-10+,20-15+. The summed E-state index contributed by atoms with van der Waals surface area (Å²) < 4.78 is 5.98. The molecular weight excluding hydrogens is 326 g/mol. The van der Waals surface area contributed by atoms with Gasteiger partial charge in [-0.3, -0.25) is 0 Å². The van der Waals surface area contributed by atoms with Gasteiger partial charge in [0.1, 0.15) is 17.2 Å². The van der Waals surface area contributed by atoms with Crippen LogP contribution < -0.4 is 0 Å². The summed E-state index contributed by atoms with van der Waals surface area (Å²) >= 11 is 0. The Labute approximate surface area is 157 Å². The zero-order valence-electron chi connectivity index (χ0n) is 16.7. The van der Waals surface area contributed by atoms with Gasteiger partial charge in [0.05, 0.1) is 18.2 Å². The molecule has 1 aliphatic heterocycles. The van der Waals surface area contributed by atoms with Crippen LogP contribution in [0, 0.1) is 22.7 Å². The second-order valence-corrected chi connectivity index (χ2v) is 6.74. The van der Waals surface area contributed by atoms with Gasteiger partial charge in [0.25, 0.3) is 0 Å². The van der Waals surface area contributed by atoms with E-state index in [2.05, 4.69) is 19.1 Å². The topological polar surface area (TPSA) is 80.3 Å². The summed E-state index contributed by atoms with van der Waals surface area (Å²) in [6, 6.07) is 4.32. The van der Waals surface area contributed by atoms with Gasteiger partial charge in [0, 0.05) is 24.9 Å². The van der Waals surface area contributed by atoms with E-state index in [1.165, 1.54) is 0 Å². The van der Waals surface area contributed by atoms with Crippen LogP contribution in [0.4, 0.5) is 0 Å². The van der Waals surface area contributed by atoms with Crippen LogP contribution in [0.1, 0.15) is 47.5 Å². The molecule has 0 atom stereocenters. The molecule has 26 heavy (non-hydrogen) atoms. The lowest BCUT2D eigenvalue weighted by molar-refractivity contribution is 0.0935. The Bertz CT molecular complexity index is 740. The van der Waals surface area contributed by atoms with Crippen molar-refractivity contribution in [3.05, 3.63) is 45.9 Å². The van der Waals surface area contributed by atoms with Crippen LogP contribution in [0.5, 0.6) is 0 Å². The summed E-state index contributed by atoms with van der Waals surface area (Å²) in [5, 5.41) is 28.1.